The summed E-state index contributed by atoms with van der Waals surface area (Å²) in [5.74, 6) is 0.292. The molecule has 120 valence electrons. The molecule has 1 N–H and O–H groups in total. The monoisotopic (exact) mass is 316 g/mol. The van der Waals surface area contributed by atoms with Crippen LogP contribution in [0.5, 0.6) is 0 Å². The Morgan fingerprint density at radius 2 is 2.13 bits per heavy atom. The van der Waals surface area contributed by atoms with E-state index in [-0.39, 0.29) is 24.2 Å². The zero-order valence-electron chi connectivity index (χ0n) is 12.8. The molecule has 1 saturated heterocycles. The molecule has 2 aromatic heterocycles. The van der Waals surface area contributed by atoms with Gasteiger partial charge in [-0.3, -0.25) is 9.69 Å². The van der Waals surface area contributed by atoms with Crippen molar-refractivity contribution in [2.24, 2.45) is 0 Å². The van der Waals surface area contributed by atoms with Crippen molar-refractivity contribution >= 4 is 11.9 Å². The van der Waals surface area contributed by atoms with Crippen LogP contribution in [-0.4, -0.2) is 49.8 Å². The second kappa shape index (κ2) is 6.11. The second-order valence-corrected chi connectivity index (χ2v) is 5.27. The lowest BCUT2D eigenvalue weighted by molar-refractivity contribution is -0.127. The third-order valence-electron chi connectivity index (χ3n) is 3.43. The van der Waals surface area contributed by atoms with Gasteiger partial charge in [0, 0.05) is 6.54 Å². The third-order valence-corrected chi connectivity index (χ3v) is 3.43. The van der Waals surface area contributed by atoms with E-state index in [4.69, 9.17) is 4.52 Å². The van der Waals surface area contributed by atoms with Crippen molar-refractivity contribution < 1.29 is 14.1 Å². The van der Waals surface area contributed by atoms with Crippen LogP contribution in [0.1, 0.15) is 24.9 Å². The molecule has 3 amide bonds. The highest BCUT2D eigenvalue weighted by Crippen LogP contribution is 2.15. The Bertz CT molecular complexity index is 726. The van der Waals surface area contributed by atoms with E-state index in [2.05, 4.69) is 25.7 Å². The van der Waals surface area contributed by atoms with Gasteiger partial charge in [-0.05, 0) is 25.5 Å². The molecular formula is C14H16N6O3. The van der Waals surface area contributed by atoms with Gasteiger partial charge in [0.15, 0.2) is 0 Å². The Hall–Kier alpha value is -2.84. The summed E-state index contributed by atoms with van der Waals surface area (Å²) < 4.78 is 5.14. The van der Waals surface area contributed by atoms with Crippen molar-refractivity contribution in [3.05, 3.63) is 23.7 Å². The summed E-state index contributed by atoms with van der Waals surface area (Å²) >= 11 is 0. The number of nitrogens with zero attached hydrogens (tertiary/aromatic N) is 5. The topological polar surface area (TPSA) is 114 Å². The molecule has 23 heavy (non-hydrogen) atoms. The van der Waals surface area contributed by atoms with Crippen molar-refractivity contribution in [1.82, 2.24) is 30.6 Å². The van der Waals surface area contributed by atoms with Gasteiger partial charge in [0.25, 0.3) is 5.91 Å². The van der Waals surface area contributed by atoms with Gasteiger partial charge in [-0.1, -0.05) is 12.1 Å². The molecule has 1 aliphatic heterocycles. The Labute approximate surface area is 132 Å². The molecular weight excluding hydrogens is 300 g/mol. The van der Waals surface area contributed by atoms with Gasteiger partial charge in [0.05, 0.1) is 12.1 Å². The van der Waals surface area contributed by atoms with Crippen LogP contribution in [0.15, 0.2) is 16.7 Å². The lowest BCUT2D eigenvalue weighted by Crippen LogP contribution is -2.33. The van der Waals surface area contributed by atoms with Crippen LogP contribution in [0.4, 0.5) is 4.79 Å². The number of nitrogens with one attached hydrogen (secondary N) is 1. The minimum absolute atomic E-state index is 0.150. The molecule has 1 aliphatic rings. The van der Waals surface area contributed by atoms with Crippen LogP contribution in [0, 0.1) is 6.92 Å². The lowest BCUT2D eigenvalue weighted by Gasteiger charge is -2.10. The average molecular weight is 316 g/mol. The zero-order valence-corrected chi connectivity index (χ0v) is 12.8. The molecule has 0 bridgehead atoms. The molecule has 0 saturated carbocycles. The summed E-state index contributed by atoms with van der Waals surface area (Å²) in [7, 11) is 0. The standard InChI is InChI=1S/C14H16N6O3/c1-3-6-20-13(21)10(15-14(20)22)7-11-16-12(19-23-11)9-5-4-8(2)17-18-9/h4-5,10H,3,6-7H2,1-2H3,(H,15,22). The molecule has 1 fully saturated rings. The maximum atomic E-state index is 12.2. The molecule has 0 spiro atoms. The number of aromatic nitrogens is 4. The summed E-state index contributed by atoms with van der Waals surface area (Å²) in [4.78, 5) is 29.3. The number of hydrogen-bond acceptors (Lipinski definition) is 7. The van der Waals surface area contributed by atoms with Gasteiger partial charge in [0.2, 0.25) is 11.7 Å². The van der Waals surface area contributed by atoms with Crippen molar-refractivity contribution in [2.75, 3.05) is 6.54 Å². The average Bonchev–Trinajstić information content (AvgIpc) is 3.09. The second-order valence-electron chi connectivity index (χ2n) is 5.27. The van der Waals surface area contributed by atoms with E-state index in [0.717, 1.165) is 5.69 Å². The smallest absolute Gasteiger partial charge is 0.324 e. The number of aryl methyl sites for hydroxylation is 1. The maximum absolute atomic E-state index is 12.2. The molecule has 3 rings (SSSR count). The number of hydrogen-bond donors (Lipinski definition) is 1. The van der Waals surface area contributed by atoms with Gasteiger partial charge in [-0.15, -0.1) is 5.10 Å². The van der Waals surface area contributed by atoms with Crippen molar-refractivity contribution in [2.45, 2.75) is 32.7 Å². The molecule has 1 atom stereocenters. The van der Waals surface area contributed by atoms with Crippen molar-refractivity contribution in [1.29, 1.82) is 0 Å². The number of rotatable bonds is 5. The first-order valence-corrected chi connectivity index (χ1v) is 7.33. The SMILES string of the molecule is CCCN1C(=O)NC(Cc2nc(-c3ccc(C)nn3)no2)C1=O. The molecule has 2 aromatic rings. The number of carbonyl (C=O) groups excluding carboxylic acids is 2. The fourth-order valence-corrected chi connectivity index (χ4v) is 2.29. The summed E-state index contributed by atoms with van der Waals surface area (Å²) in [5, 5.41) is 14.4. The predicted molar refractivity (Wildman–Crippen MR) is 78.1 cm³/mol. The van der Waals surface area contributed by atoms with E-state index in [9.17, 15) is 9.59 Å². The van der Waals surface area contributed by atoms with E-state index < -0.39 is 6.04 Å². The van der Waals surface area contributed by atoms with E-state index >= 15 is 0 Å². The van der Waals surface area contributed by atoms with Crippen molar-refractivity contribution in [3.63, 3.8) is 0 Å². The highest BCUT2D eigenvalue weighted by atomic mass is 16.5. The van der Waals surface area contributed by atoms with Crippen LogP contribution in [0.3, 0.4) is 0 Å². The summed E-state index contributed by atoms with van der Waals surface area (Å²) in [5.41, 5.74) is 1.27. The highest BCUT2D eigenvalue weighted by Gasteiger charge is 2.38. The van der Waals surface area contributed by atoms with Crippen LogP contribution >= 0.6 is 0 Å². The summed E-state index contributed by atoms with van der Waals surface area (Å²) in [6.07, 6.45) is 0.861. The van der Waals surface area contributed by atoms with Crippen LogP contribution < -0.4 is 5.32 Å². The Balaban J connectivity index is 1.71. The predicted octanol–water partition coefficient (Wildman–Crippen LogP) is 0.708. The minimum atomic E-state index is -0.675. The van der Waals surface area contributed by atoms with E-state index in [1.165, 1.54) is 4.90 Å². The fraction of sp³-hybridized carbons (Fsp3) is 0.429. The van der Waals surface area contributed by atoms with Crippen LogP contribution in [0.2, 0.25) is 0 Å². The number of amides is 3. The molecule has 0 aliphatic carbocycles. The van der Waals surface area contributed by atoms with E-state index in [0.29, 0.717) is 24.5 Å². The number of imide groups is 1. The largest absolute Gasteiger partial charge is 0.339 e. The number of urea groups is 1. The van der Waals surface area contributed by atoms with E-state index in [1.54, 1.807) is 12.1 Å². The maximum Gasteiger partial charge on any atom is 0.324 e. The summed E-state index contributed by atoms with van der Waals surface area (Å²) in [6, 6.07) is 2.47. The first-order valence-electron chi connectivity index (χ1n) is 7.33. The molecule has 0 radical (unpaired) electrons. The van der Waals surface area contributed by atoms with E-state index in [1.807, 2.05) is 13.8 Å². The third kappa shape index (κ3) is 3.03. The van der Waals surface area contributed by atoms with Gasteiger partial charge < -0.3 is 9.84 Å². The molecule has 3 heterocycles. The Morgan fingerprint density at radius 1 is 1.30 bits per heavy atom. The van der Waals surface area contributed by atoms with Gasteiger partial charge in [-0.25, -0.2) is 4.79 Å². The van der Waals surface area contributed by atoms with Gasteiger partial charge in [-0.2, -0.15) is 10.1 Å². The zero-order chi connectivity index (χ0) is 16.4. The molecule has 0 aromatic carbocycles. The Kier molecular flexibility index (Phi) is 4.00. The fourth-order valence-electron chi connectivity index (χ4n) is 2.29. The molecule has 9 nitrogen and oxygen atoms in total. The van der Waals surface area contributed by atoms with Gasteiger partial charge in [0.1, 0.15) is 11.7 Å². The van der Waals surface area contributed by atoms with Crippen LogP contribution in [0.25, 0.3) is 11.5 Å². The Morgan fingerprint density at radius 3 is 2.83 bits per heavy atom. The quantitative estimate of drug-likeness (QED) is 0.808. The molecule has 1 unspecified atom stereocenters. The molecule has 9 heteroatoms. The van der Waals surface area contributed by atoms with Gasteiger partial charge >= 0.3 is 6.03 Å². The minimum Gasteiger partial charge on any atom is -0.339 e. The number of carbonyl (C=O) groups is 2. The highest BCUT2D eigenvalue weighted by molar-refractivity contribution is 6.04. The normalized spacial score (nSPS) is 17.7. The first-order chi connectivity index (χ1) is 11.1. The van der Waals surface area contributed by atoms with Crippen LogP contribution in [-0.2, 0) is 11.2 Å². The van der Waals surface area contributed by atoms with Crippen molar-refractivity contribution in [3.8, 4) is 11.5 Å². The summed E-state index contributed by atoms with van der Waals surface area (Å²) in [6.45, 7) is 4.13. The first kappa shape index (κ1) is 15.1. The lowest BCUT2D eigenvalue weighted by atomic mass is 10.2.